The molecule has 1 aromatic heterocycles. The molecule has 94 valence electrons. The van der Waals surface area contributed by atoms with Gasteiger partial charge in [0, 0.05) is 30.4 Å². The van der Waals surface area contributed by atoms with E-state index in [0.29, 0.717) is 16.8 Å². The first-order chi connectivity index (χ1) is 8.04. The highest BCUT2D eigenvalue weighted by atomic mass is 79.9. The van der Waals surface area contributed by atoms with Gasteiger partial charge in [0.25, 0.3) is 0 Å². The summed E-state index contributed by atoms with van der Waals surface area (Å²) in [6, 6.07) is 3.74. The summed E-state index contributed by atoms with van der Waals surface area (Å²) in [5.41, 5.74) is 0. The van der Waals surface area contributed by atoms with Crippen LogP contribution in [0.25, 0.3) is 0 Å². The SMILES string of the molecule is CS(=O)(=O)c1cccnc1N(CCBr)C1CC1. The van der Waals surface area contributed by atoms with Crippen LogP contribution in [0.15, 0.2) is 23.2 Å². The van der Waals surface area contributed by atoms with Gasteiger partial charge in [0.05, 0.1) is 0 Å². The quantitative estimate of drug-likeness (QED) is 0.777. The van der Waals surface area contributed by atoms with E-state index in [-0.39, 0.29) is 0 Å². The first-order valence-electron chi connectivity index (χ1n) is 5.51. The molecule has 0 amide bonds. The van der Waals surface area contributed by atoms with Gasteiger partial charge in [-0.25, -0.2) is 13.4 Å². The molecule has 0 atom stereocenters. The Morgan fingerprint density at radius 2 is 2.24 bits per heavy atom. The highest BCUT2D eigenvalue weighted by molar-refractivity contribution is 9.09. The summed E-state index contributed by atoms with van der Waals surface area (Å²) in [4.78, 5) is 6.67. The number of hydrogen-bond acceptors (Lipinski definition) is 4. The Bertz CT molecular complexity index is 500. The number of hydrogen-bond donors (Lipinski definition) is 0. The lowest BCUT2D eigenvalue weighted by Gasteiger charge is -2.24. The van der Waals surface area contributed by atoms with Crippen molar-refractivity contribution in [3.8, 4) is 0 Å². The third kappa shape index (κ3) is 2.98. The van der Waals surface area contributed by atoms with Gasteiger partial charge in [-0.3, -0.25) is 0 Å². The molecule has 0 N–H and O–H groups in total. The summed E-state index contributed by atoms with van der Waals surface area (Å²) >= 11 is 3.40. The van der Waals surface area contributed by atoms with Crippen LogP contribution in [0.4, 0.5) is 5.82 Å². The number of aromatic nitrogens is 1. The van der Waals surface area contributed by atoms with Gasteiger partial charge >= 0.3 is 0 Å². The molecule has 4 nitrogen and oxygen atoms in total. The maximum absolute atomic E-state index is 11.7. The second kappa shape index (κ2) is 4.94. The number of nitrogens with zero attached hydrogens (tertiary/aromatic N) is 2. The van der Waals surface area contributed by atoms with Crippen LogP contribution >= 0.6 is 15.9 Å². The van der Waals surface area contributed by atoms with Gasteiger partial charge in [-0.2, -0.15) is 0 Å². The van der Waals surface area contributed by atoms with Gasteiger partial charge in [0.2, 0.25) is 0 Å². The van der Waals surface area contributed by atoms with E-state index >= 15 is 0 Å². The van der Waals surface area contributed by atoms with Crippen LogP contribution in [0.5, 0.6) is 0 Å². The van der Waals surface area contributed by atoms with Gasteiger partial charge in [-0.15, -0.1) is 0 Å². The van der Waals surface area contributed by atoms with Crippen LogP contribution in [0, 0.1) is 0 Å². The predicted octanol–water partition coefficient (Wildman–Crippen LogP) is 1.85. The van der Waals surface area contributed by atoms with Gasteiger partial charge in [0.1, 0.15) is 10.7 Å². The Hall–Kier alpha value is -0.620. The Balaban J connectivity index is 2.42. The third-order valence-electron chi connectivity index (χ3n) is 2.74. The molecule has 0 aliphatic heterocycles. The maximum atomic E-state index is 11.7. The normalized spacial score (nSPS) is 15.9. The summed E-state index contributed by atoms with van der Waals surface area (Å²) in [5, 5.41) is 0.809. The summed E-state index contributed by atoms with van der Waals surface area (Å²) in [5.74, 6) is 0.594. The average molecular weight is 319 g/mol. The van der Waals surface area contributed by atoms with E-state index in [1.54, 1.807) is 18.3 Å². The van der Waals surface area contributed by atoms with E-state index in [4.69, 9.17) is 0 Å². The zero-order chi connectivity index (χ0) is 12.5. The van der Waals surface area contributed by atoms with Gasteiger partial charge in [-0.05, 0) is 25.0 Å². The molecule has 2 rings (SSSR count). The van der Waals surface area contributed by atoms with Crippen molar-refractivity contribution in [2.45, 2.75) is 23.8 Å². The Morgan fingerprint density at radius 1 is 1.53 bits per heavy atom. The number of halogens is 1. The Kier molecular flexibility index (Phi) is 3.73. The van der Waals surface area contributed by atoms with Crippen molar-refractivity contribution < 1.29 is 8.42 Å². The predicted molar refractivity (Wildman–Crippen MR) is 71.5 cm³/mol. The highest BCUT2D eigenvalue weighted by Crippen LogP contribution is 2.33. The topological polar surface area (TPSA) is 50.3 Å². The molecule has 0 radical (unpaired) electrons. The van der Waals surface area contributed by atoms with Crippen LogP contribution in [0.1, 0.15) is 12.8 Å². The number of anilines is 1. The first-order valence-corrected chi connectivity index (χ1v) is 8.53. The van der Waals surface area contributed by atoms with Crippen molar-refractivity contribution in [3.63, 3.8) is 0 Å². The van der Waals surface area contributed by atoms with E-state index < -0.39 is 9.84 Å². The molecule has 0 spiro atoms. The van der Waals surface area contributed by atoms with Crippen LogP contribution in [0.3, 0.4) is 0 Å². The summed E-state index contributed by atoms with van der Waals surface area (Å²) in [6.45, 7) is 0.782. The van der Waals surface area contributed by atoms with Crippen LogP contribution in [-0.4, -0.2) is 37.6 Å². The zero-order valence-corrected chi connectivity index (χ0v) is 12.0. The van der Waals surface area contributed by atoms with Gasteiger partial charge < -0.3 is 4.90 Å². The minimum atomic E-state index is -3.22. The molecule has 1 aliphatic rings. The summed E-state index contributed by atoms with van der Waals surface area (Å²) < 4.78 is 23.5. The molecule has 0 saturated heterocycles. The van der Waals surface area contributed by atoms with E-state index in [2.05, 4.69) is 25.8 Å². The largest absolute Gasteiger partial charge is 0.352 e. The molecule has 1 fully saturated rings. The monoisotopic (exact) mass is 318 g/mol. The first kappa shape index (κ1) is 12.8. The lowest BCUT2D eigenvalue weighted by Crippen LogP contribution is -2.30. The molecule has 1 aliphatic carbocycles. The summed E-state index contributed by atoms with van der Waals surface area (Å²) in [6.07, 6.45) is 5.11. The van der Waals surface area contributed by atoms with Crippen LogP contribution in [0.2, 0.25) is 0 Å². The fourth-order valence-corrected chi connectivity index (χ4v) is 3.04. The smallest absolute Gasteiger partial charge is 0.179 e. The Labute approximate surface area is 110 Å². The molecular weight excluding hydrogens is 304 g/mol. The second-order valence-electron chi connectivity index (χ2n) is 4.21. The van der Waals surface area contributed by atoms with Crippen molar-refractivity contribution in [2.75, 3.05) is 23.0 Å². The lowest BCUT2D eigenvalue weighted by molar-refractivity contribution is 0.600. The number of pyridine rings is 1. The molecule has 0 unspecified atom stereocenters. The van der Waals surface area contributed by atoms with Crippen LogP contribution in [-0.2, 0) is 9.84 Å². The Morgan fingerprint density at radius 3 is 2.76 bits per heavy atom. The molecule has 6 heteroatoms. The van der Waals surface area contributed by atoms with E-state index in [1.165, 1.54) is 6.26 Å². The van der Waals surface area contributed by atoms with Crippen molar-refractivity contribution >= 4 is 31.6 Å². The fourth-order valence-electron chi connectivity index (χ4n) is 1.83. The van der Waals surface area contributed by atoms with Crippen molar-refractivity contribution in [1.82, 2.24) is 4.98 Å². The van der Waals surface area contributed by atoms with E-state index in [1.807, 2.05) is 0 Å². The van der Waals surface area contributed by atoms with Gasteiger partial charge in [0.15, 0.2) is 9.84 Å². The number of rotatable bonds is 5. The van der Waals surface area contributed by atoms with Crippen molar-refractivity contribution in [1.29, 1.82) is 0 Å². The molecule has 0 bridgehead atoms. The average Bonchev–Trinajstić information content (AvgIpc) is 3.08. The standard InChI is InChI=1S/C11H15BrN2O2S/c1-17(15,16)10-3-2-7-13-11(10)14(8-6-12)9-4-5-9/h2-3,7,9H,4-6,8H2,1H3. The van der Waals surface area contributed by atoms with Crippen molar-refractivity contribution in [3.05, 3.63) is 18.3 Å². The van der Waals surface area contributed by atoms with Crippen molar-refractivity contribution in [2.24, 2.45) is 0 Å². The number of sulfone groups is 1. The molecule has 17 heavy (non-hydrogen) atoms. The molecule has 1 heterocycles. The van der Waals surface area contributed by atoms with Gasteiger partial charge in [-0.1, -0.05) is 15.9 Å². The molecule has 0 aromatic carbocycles. The maximum Gasteiger partial charge on any atom is 0.179 e. The summed E-state index contributed by atoms with van der Waals surface area (Å²) in [7, 11) is -3.22. The third-order valence-corrected chi connectivity index (χ3v) is 4.21. The number of alkyl halides is 1. The highest BCUT2D eigenvalue weighted by Gasteiger charge is 2.32. The molecule has 1 aromatic rings. The molecular formula is C11H15BrN2O2S. The minimum Gasteiger partial charge on any atom is -0.352 e. The fraction of sp³-hybridized carbons (Fsp3) is 0.545. The van der Waals surface area contributed by atoms with E-state index in [0.717, 1.165) is 24.7 Å². The zero-order valence-electron chi connectivity index (χ0n) is 9.63. The molecule has 1 saturated carbocycles. The second-order valence-corrected chi connectivity index (χ2v) is 6.99. The lowest BCUT2D eigenvalue weighted by atomic mass is 10.4. The minimum absolute atomic E-state index is 0.327. The van der Waals surface area contributed by atoms with Crippen LogP contribution < -0.4 is 4.90 Å². The van der Waals surface area contributed by atoms with E-state index in [9.17, 15) is 8.42 Å².